The lowest BCUT2D eigenvalue weighted by atomic mass is 9.92. The summed E-state index contributed by atoms with van der Waals surface area (Å²) in [7, 11) is 5.05. The van der Waals surface area contributed by atoms with Crippen molar-refractivity contribution in [3.63, 3.8) is 0 Å². The number of hydrogen-bond donors (Lipinski definition) is 0. The van der Waals surface area contributed by atoms with Gasteiger partial charge in [0.15, 0.2) is 11.5 Å². The molecule has 1 aliphatic rings. The van der Waals surface area contributed by atoms with Gasteiger partial charge in [-0.1, -0.05) is 0 Å². The number of ether oxygens (including phenoxy) is 2. The van der Waals surface area contributed by atoms with Crippen molar-refractivity contribution in [2.45, 2.75) is 25.8 Å². The van der Waals surface area contributed by atoms with E-state index >= 15 is 0 Å². The average Bonchev–Trinajstić information content (AvgIpc) is 2.80. The van der Waals surface area contributed by atoms with Crippen molar-refractivity contribution < 1.29 is 19.2 Å². The zero-order valence-corrected chi connectivity index (χ0v) is 17.2. The van der Waals surface area contributed by atoms with Crippen LogP contribution in [-0.2, 0) is 6.42 Å². The molecule has 2 aromatic carbocycles. The van der Waals surface area contributed by atoms with Crippen molar-refractivity contribution in [2.24, 2.45) is 0 Å². The van der Waals surface area contributed by atoms with Gasteiger partial charge in [0.1, 0.15) is 0 Å². The highest BCUT2D eigenvalue weighted by molar-refractivity contribution is 6.11. The van der Waals surface area contributed by atoms with E-state index in [2.05, 4.69) is 13.8 Å². The first-order valence-electron chi connectivity index (χ1n) is 9.17. The van der Waals surface area contributed by atoms with Crippen LogP contribution in [0.4, 0.5) is 5.69 Å². The summed E-state index contributed by atoms with van der Waals surface area (Å²) >= 11 is 0. The van der Waals surface area contributed by atoms with Crippen LogP contribution in [0.25, 0.3) is 6.08 Å². The van der Waals surface area contributed by atoms with Gasteiger partial charge in [-0.25, -0.2) is 0 Å². The van der Waals surface area contributed by atoms with Gasteiger partial charge in [-0.2, -0.15) is 0 Å². The molecule has 1 heterocycles. The molecule has 0 spiro atoms. The summed E-state index contributed by atoms with van der Waals surface area (Å²) in [4.78, 5) is 25.7. The number of Topliss-reactive ketones (excluding diaryl/α,β-unsaturated/α-hetero) is 1. The molecule has 152 valence electrons. The quantitative estimate of drug-likeness (QED) is 0.430. The van der Waals surface area contributed by atoms with Gasteiger partial charge in [0, 0.05) is 30.3 Å². The molecular weight excluding hydrogens is 372 g/mol. The molecule has 0 atom stereocenters. The molecular formula is C22H24N2O5. The van der Waals surface area contributed by atoms with Gasteiger partial charge < -0.3 is 14.4 Å². The van der Waals surface area contributed by atoms with Gasteiger partial charge in [0.05, 0.1) is 24.8 Å². The zero-order chi connectivity index (χ0) is 21.3. The molecule has 7 heteroatoms. The highest BCUT2D eigenvalue weighted by Gasteiger charge is 2.33. The van der Waals surface area contributed by atoms with Crippen molar-refractivity contribution in [3.05, 3.63) is 68.9 Å². The molecule has 0 N–H and O–H groups in total. The topological polar surface area (TPSA) is 81.9 Å². The Bertz CT molecular complexity index is 993. The van der Waals surface area contributed by atoms with Gasteiger partial charge in [-0.3, -0.25) is 14.9 Å². The Hall–Kier alpha value is -3.35. The number of likely N-dealkylation sites (N-methyl/N-ethyl adjacent to an activating group) is 1. The van der Waals surface area contributed by atoms with Crippen molar-refractivity contribution in [1.82, 2.24) is 4.90 Å². The van der Waals surface area contributed by atoms with Crippen LogP contribution >= 0.6 is 0 Å². The number of methoxy groups -OCH3 is 2. The van der Waals surface area contributed by atoms with E-state index in [1.165, 1.54) is 24.3 Å². The third kappa shape index (κ3) is 3.81. The minimum absolute atomic E-state index is 0.0488. The van der Waals surface area contributed by atoms with Crippen LogP contribution in [0.15, 0.2) is 42.1 Å². The van der Waals surface area contributed by atoms with E-state index in [1.54, 1.807) is 14.2 Å². The zero-order valence-electron chi connectivity index (χ0n) is 17.2. The highest BCUT2D eigenvalue weighted by Crippen LogP contribution is 2.38. The normalized spacial score (nSPS) is 15.1. The molecule has 0 radical (unpaired) electrons. The first kappa shape index (κ1) is 20.4. The maximum absolute atomic E-state index is 13.3. The molecule has 2 aromatic rings. The van der Waals surface area contributed by atoms with Gasteiger partial charge in [0.2, 0.25) is 5.78 Å². The van der Waals surface area contributed by atoms with Crippen LogP contribution in [0, 0.1) is 10.1 Å². The number of fused-ring (bicyclic) bond motifs is 1. The lowest BCUT2D eigenvalue weighted by Gasteiger charge is -2.37. The minimum atomic E-state index is -0.482. The third-order valence-electron chi connectivity index (χ3n) is 5.40. The number of non-ortho nitro benzene ring substituents is 1. The molecule has 0 fully saturated rings. The lowest BCUT2D eigenvalue weighted by Crippen LogP contribution is -2.43. The fraction of sp³-hybridized carbons (Fsp3) is 0.318. The standard InChI is InChI=1S/C22H24N2O5/c1-22(2)13-16-12-20(29-5)19(28-4)11-15(16)10-18(23(22)3)21(25)14-6-8-17(9-7-14)24(26)27/h6-12H,13H2,1-5H3. The SMILES string of the molecule is COc1cc2c(cc1OC)CC(C)(C)N(C)C(C(=O)c1ccc([N+](=O)[O-])cc1)=C2. The number of ketones is 1. The van der Waals surface area contributed by atoms with E-state index in [9.17, 15) is 14.9 Å². The summed E-state index contributed by atoms with van der Waals surface area (Å²) in [5, 5.41) is 10.9. The predicted molar refractivity (Wildman–Crippen MR) is 110 cm³/mol. The number of carbonyl (C=O) groups is 1. The van der Waals surface area contributed by atoms with Crippen molar-refractivity contribution in [1.29, 1.82) is 0 Å². The number of carbonyl (C=O) groups excluding carboxylic acids is 1. The maximum atomic E-state index is 13.3. The second-order valence-electron chi connectivity index (χ2n) is 7.62. The Morgan fingerprint density at radius 2 is 1.69 bits per heavy atom. The fourth-order valence-electron chi connectivity index (χ4n) is 3.48. The van der Waals surface area contributed by atoms with Crippen LogP contribution in [0.5, 0.6) is 11.5 Å². The van der Waals surface area contributed by atoms with Gasteiger partial charge in [-0.05, 0) is 61.7 Å². The van der Waals surface area contributed by atoms with Gasteiger partial charge in [0.25, 0.3) is 5.69 Å². The van der Waals surface area contributed by atoms with E-state index in [1.807, 2.05) is 30.2 Å². The first-order valence-corrected chi connectivity index (χ1v) is 9.17. The summed E-state index contributed by atoms with van der Waals surface area (Å²) in [5.41, 5.74) is 2.44. The van der Waals surface area contributed by atoms with E-state index < -0.39 is 4.92 Å². The van der Waals surface area contributed by atoms with Crippen LogP contribution in [-0.4, -0.2) is 42.4 Å². The number of allylic oxidation sites excluding steroid dienone is 1. The van der Waals surface area contributed by atoms with Crippen molar-refractivity contribution in [3.8, 4) is 11.5 Å². The Morgan fingerprint density at radius 1 is 1.10 bits per heavy atom. The number of benzene rings is 2. The lowest BCUT2D eigenvalue weighted by molar-refractivity contribution is -0.384. The number of hydrogen-bond acceptors (Lipinski definition) is 6. The molecule has 7 nitrogen and oxygen atoms in total. The van der Waals surface area contributed by atoms with Crippen LogP contribution in [0.3, 0.4) is 0 Å². The van der Waals surface area contributed by atoms with E-state index in [4.69, 9.17) is 9.47 Å². The average molecular weight is 396 g/mol. The van der Waals surface area contributed by atoms with E-state index in [-0.39, 0.29) is 17.0 Å². The number of nitro benzene ring substituents is 1. The summed E-state index contributed by atoms with van der Waals surface area (Å²) in [6.07, 6.45) is 2.54. The number of rotatable bonds is 5. The summed E-state index contributed by atoms with van der Waals surface area (Å²) < 4.78 is 10.9. The van der Waals surface area contributed by atoms with Crippen LogP contribution < -0.4 is 9.47 Å². The molecule has 0 saturated carbocycles. The maximum Gasteiger partial charge on any atom is 0.269 e. The number of nitrogens with zero attached hydrogens (tertiary/aromatic N) is 2. The Morgan fingerprint density at radius 3 is 2.24 bits per heavy atom. The van der Waals surface area contributed by atoms with Gasteiger partial charge in [-0.15, -0.1) is 0 Å². The largest absolute Gasteiger partial charge is 0.493 e. The Balaban J connectivity index is 2.11. The molecule has 1 aliphatic heterocycles. The predicted octanol–water partition coefficient (Wildman–Crippen LogP) is 4.10. The van der Waals surface area contributed by atoms with Crippen molar-refractivity contribution in [2.75, 3.05) is 21.3 Å². The van der Waals surface area contributed by atoms with Crippen LogP contribution in [0.2, 0.25) is 0 Å². The molecule has 0 amide bonds. The second kappa shape index (κ2) is 7.58. The Labute approximate surface area is 169 Å². The third-order valence-corrected chi connectivity index (χ3v) is 5.40. The summed E-state index contributed by atoms with van der Waals surface area (Å²) in [5.74, 6) is 1.04. The Kier molecular flexibility index (Phi) is 5.33. The minimum Gasteiger partial charge on any atom is -0.493 e. The van der Waals surface area contributed by atoms with E-state index in [0.29, 0.717) is 29.2 Å². The van der Waals surface area contributed by atoms with Crippen molar-refractivity contribution >= 4 is 17.5 Å². The summed E-state index contributed by atoms with van der Waals surface area (Å²) in [6, 6.07) is 9.48. The fourth-order valence-corrected chi connectivity index (χ4v) is 3.48. The van der Waals surface area contributed by atoms with Gasteiger partial charge >= 0.3 is 0 Å². The number of nitro groups is 1. The molecule has 0 bridgehead atoms. The van der Waals surface area contributed by atoms with E-state index in [0.717, 1.165) is 11.1 Å². The monoisotopic (exact) mass is 396 g/mol. The highest BCUT2D eigenvalue weighted by atomic mass is 16.6. The second-order valence-corrected chi connectivity index (χ2v) is 7.62. The molecule has 0 aromatic heterocycles. The molecule has 0 unspecified atom stereocenters. The molecule has 0 aliphatic carbocycles. The smallest absolute Gasteiger partial charge is 0.269 e. The molecule has 0 saturated heterocycles. The molecule has 29 heavy (non-hydrogen) atoms. The first-order chi connectivity index (χ1) is 13.7. The van der Waals surface area contributed by atoms with Crippen LogP contribution in [0.1, 0.15) is 35.3 Å². The molecule has 3 rings (SSSR count). The summed E-state index contributed by atoms with van der Waals surface area (Å²) in [6.45, 7) is 4.13.